The summed E-state index contributed by atoms with van der Waals surface area (Å²) in [5.74, 6) is -4.87. The van der Waals surface area contributed by atoms with E-state index in [2.05, 4.69) is 4.74 Å². The lowest BCUT2D eigenvalue weighted by Crippen LogP contribution is -2.46. The Labute approximate surface area is 216 Å². The van der Waals surface area contributed by atoms with Gasteiger partial charge in [-0.3, -0.25) is 4.79 Å². The van der Waals surface area contributed by atoms with Gasteiger partial charge in [-0.15, -0.1) is 0 Å². The first kappa shape index (κ1) is 25.7. The lowest BCUT2D eigenvalue weighted by atomic mass is 9.91. The summed E-state index contributed by atoms with van der Waals surface area (Å²) in [5, 5.41) is 9.14. The van der Waals surface area contributed by atoms with Gasteiger partial charge in [-0.2, -0.15) is 0 Å². The standard InChI is InChI=1S/C26H27F2N3O7/c1-37-20(32)9-18(26(36)38-2)30-7-3-4-13-10-29(12-19(13)30)23-17(27)8-15-22(21(23)28)31(14-5-6-14)11-16(24(15)33)25(34)35/h8-9,11,13-14,19H,3-7,10,12H2,1-2H3,(H,34,35)/b18-9-/t13-,19+/m0/s1. The van der Waals surface area contributed by atoms with Crippen LogP contribution in [-0.4, -0.2) is 72.4 Å². The number of esters is 2. The molecule has 3 fully saturated rings. The van der Waals surface area contributed by atoms with Crippen LogP contribution in [0.1, 0.15) is 42.1 Å². The van der Waals surface area contributed by atoms with Crippen molar-refractivity contribution in [2.24, 2.45) is 5.92 Å². The maximum Gasteiger partial charge on any atom is 0.354 e. The molecule has 2 aliphatic heterocycles. The van der Waals surface area contributed by atoms with Crippen molar-refractivity contribution < 1.29 is 37.7 Å². The van der Waals surface area contributed by atoms with E-state index in [-0.39, 0.29) is 53.4 Å². The van der Waals surface area contributed by atoms with Gasteiger partial charge in [-0.25, -0.2) is 23.2 Å². The Morgan fingerprint density at radius 2 is 1.84 bits per heavy atom. The zero-order valence-corrected chi connectivity index (χ0v) is 20.9. The number of hydrogen-bond donors (Lipinski definition) is 1. The highest BCUT2D eigenvalue weighted by Gasteiger charge is 2.43. The largest absolute Gasteiger partial charge is 0.477 e. The Bertz CT molecular complexity index is 1430. The molecule has 1 aromatic heterocycles. The van der Waals surface area contributed by atoms with Crippen LogP contribution in [0.5, 0.6) is 0 Å². The summed E-state index contributed by atoms with van der Waals surface area (Å²) in [7, 11) is 2.39. The van der Waals surface area contributed by atoms with Crippen molar-refractivity contribution in [2.45, 2.75) is 37.8 Å². The summed E-state index contributed by atoms with van der Waals surface area (Å²) >= 11 is 0. The first-order valence-electron chi connectivity index (χ1n) is 12.4. The van der Waals surface area contributed by atoms with E-state index in [0.717, 1.165) is 24.8 Å². The van der Waals surface area contributed by atoms with Crippen molar-refractivity contribution in [3.8, 4) is 0 Å². The molecule has 0 radical (unpaired) electrons. The molecule has 0 unspecified atom stereocenters. The predicted molar refractivity (Wildman–Crippen MR) is 131 cm³/mol. The molecule has 2 saturated heterocycles. The van der Waals surface area contributed by atoms with Crippen molar-refractivity contribution >= 4 is 34.5 Å². The topological polar surface area (TPSA) is 118 Å². The number of carbonyl (C=O) groups excluding carboxylic acids is 2. The van der Waals surface area contributed by atoms with Gasteiger partial charge < -0.3 is 28.9 Å². The molecule has 202 valence electrons. The summed E-state index contributed by atoms with van der Waals surface area (Å²) in [6.45, 7) is 0.878. The van der Waals surface area contributed by atoms with Crippen molar-refractivity contribution in [3.05, 3.63) is 51.5 Å². The molecule has 3 aliphatic rings. The van der Waals surface area contributed by atoms with Gasteiger partial charge in [0.2, 0.25) is 5.43 Å². The summed E-state index contributed by atoms with van der Waals surface area (Å²) in [5.41, 5.74) is -1.89. The van der Waals surface area contributed by atoms with Crippen LogP contribution in [0.2, 0.25) is 0 Å². The number of anilines is 1. The highest BCUT2D eigenvalue weighted by Crippen LogP contribution is 2.42. The Morgan fingerprint density at radius 1 is 1.11 bits per heavy atom. The molecule has 1 saturated carbocycles. The lowest BCUT2D eigenvalue weighted by molar-refractivity contribution is -0.140. The third kappa shape index (κ3) is 4.27. The van der Waals surface area contributed by atoms with Gasteiger partial charge in [0.15, 0.2) is 5.82 Å². The SMILES string of the molecule is COC(=O)/C=C(/C(=O)OC)N1CCC[C@H]2CN(c3c(F)cc4c(=O)c(C(=O)O)cn(C5CC5)c4c3F)C[C@H]21. The van der Waals surface area contributed by atoms with Crippen LogP contribution in [0, 0.1) is 17.6 Å². The van der Waals surface area contributed by atoms with E-state index in [1.807, 2.05) is 0 Å². The minimum atomic E-state index is -1.46. The number of carboxylic acid groups (broad SMARTS) is 1. The van der Waals surface area contributed by atoms with Gasteiger partial charge in [0.05, 0.1) is 37.2 Å². The zero-order valence-electron chi connectivity index (χ0n) is 20.9. The molecule has 0 amide bonds. The number of methoxy groups -OCH3 is 2. The van der Waals surface area contributed by atoms with E-state index < -0.39 is 40.5 Å². The number of hydrogen-bond acceptors (Lipinski definition) is 8. The maximum absolute atomic E-state index is 16.1. The predicted octanol–water partition coefficient (Wildman–Crippen LogP) is 2.44. The molecule has 0 spiro atoms. The highest BCUT2D eigenvalue weighted by molar-refractivity contribution is 5.96. The van der Waals surface area contributed by atoms with Gasteiger partial charge in [0, 0.05) is 31.9 Å². The Kier molecular flexibility index (Phi) is 6.58. The number of ether oxygens (including phenoxy) is 2. The van der Waals surface area contributed by atoms with Crippen molar-refractivity contribution in [3.63, 3.8) is 0 Å². The number of likely N-dealkylation sites (tertiary alicyclic amines) is 1. The fourth-order valence-corrected chi connectivity index (χ4v) is 5.71. The van der Waals surface area contributed by atoms with E-state index in [9.17, 15) is 24.3 Å². The number of pyridine rings is 1. The number of carboxylic acids is 1. The van der Waals surface area contributed by atoms with Crippen LogP contribution in [0.4, 0.5) is 14.5 Å². The molecule has 0 bridgehead atoms. The average molecular weight is 532 g/mol. The number of fused-ring (bicyclic) bond motifs is 2. The molecule has 12 heteroatoms. The van der Waals surface area contributed by atoms with E-state index in [1.165, 1.54) is 18.8 Å². The van der Waals surface area contributed by atoms with E-state index in [0.29, 0.717) is 25.8 Å². The van der Waals surface area contributed by atoms with Gasteiger partial charge in [-0.1, -0.05) is 0 Å². The number of carbonyl (C=O) groups is 3. The molecular formula is C26H27F2N3O7. The number of aromatic nitrogens is 1. The van der Waals surface area contributed by atoms with Gasteiger partial charge >= 0.3 is 17.9 Å². The van der Waals surface area contributed by atoms with Crippen LogP contribution in [0.15, 0.2) is 28.8 Å². The van der Waals surface area contributed by atoms with E-state index in [4.69, 9.17) is 4.74 Å². The number of halogens is 2. The minimum absolute atomic E-state index is 0.0131. The fraction of sp³-hybridized carbons (Fsp3) is 0.462. The van der Waals surface area contributed by atoms with Crippen LogP contribution < -0.4 is 10.3 Å². The molecular weight excluding hydrogens is 504 g/mol. The summed E-state index contributed by atoms with van der Waals surface area (Å²) < 4.78 is 42.6. The van der Waals surface area contributed by atoms with Crippen LogP contribution in [-0.2, 0) is 19.1 Å². The van der Waals surface area contributed by atoms with Crippen LogP contribution in [0.25, 0.3) is 10.9 Å². The average Bonchev–Trinajstić information content (AvgIpc) is 3.65. The van der Waals surface area contributed by atoms with Crippen LogP contribution >= 0.6 is 0 Å². The molecule has 1 aliphatic carbocycles. The van der Waals surface area contributed by atoms with E-state index in [1.54, 1.807) is 9.80 Å². The van der Waals surface area contributed by atoms with Gasteiger partial charge in [0.1, 0.15) is 22.8 Å². The van der Waals surface area contributed by atoms with Crippen LogP contribution in [0.3, 0.4) is 0 Å². The fourth-order valence-electron chi connectivity index (χ4n) is 5.71. The first-order chi connectivity index (χ1) is 18.2. The second-order valence-electron chi connectivity index (χ2n) is 9.84. The molecule has 5 rings (SSSR count). The molecule has 10 nitrogen and oxygen atoms in total. The molecule has 3 heterocycles. The second kappa shape index (κ2) is 9.73. The number of piperidine rings is 1. The van der Waals surface area contributed by atoms with Gasteiger partial charge in [-0.05, 0) is 37.7 Å². The smallest absolute Gasteiger partial charge is 0.354 e. The van der Waals surface area contributed by atoms with E-state index >= 15 is 8.78 Å². The molecule has 2 aromatic rings. The quantitative estimate of drug-likeness (QED) is 0.443. The summed E-state index contributed by atoms with van der Waals surface area (Å²) in [4.78, 5) is 52.2. The molecule has 38 heavy (non-hydrogen) atoms. The molecule has 2 atom stereocenters. The Morgan fingerprint density at radius 3 is 2.47 bits per heavy atom. The zero-order chi connectivity index (χ0) is 27.3. The molecule has 1 aromatic carbocycles. The normalized spacial score (nSPS) is 21.4. The third-order valence-electron chi connectivity index (χ3n) is 7.61. The Balaban J connectivity index is 1.57. The number of rotatable bonds is 6. The number of nitrogens with zero attached hydrogens (tertiary/aromatic N) is 3. The first-order valence-corrected chi connectivity index (χ1v) is 12.4. The van der Waals surface area contributed by atoms with Gasteiger partial charge in [0.25, 0.3) is 0 Å². The Hall–Kier alpha value is -3.96. The summed E-state index contributed by atoms with van der Waals surface area (Å²) in [6.07, 6.45) is 5.01. The van der Waals surface area contributed by atoms with Crippen molar-refractivity contribution in [1.29, 1.82) is 0 Å². The summed E-state index contributed by atoms with van der Waals surface area (Å²) in [6, 6.07) is 0.401. The monoisotopic (exact) mass is 531 g/mol. The van der Waals surface area contributed by atoms with Crippen molar-refractivity contribution in [1.82, 2.24) is 9.47 Å². The highest BCUT2D eigenvalue weighted by atomic mass is 19.1. The number of benzene rings is 1. The third-order valence-corrected chi connectivity index (χ3v) is 7.61. The second-order valence-corrected chi connectivity index (χ2v) is 9.84. The maximum atomic E-state index is 16.1. The number of aromatic carboxylic acids is 1. The molecule has 1 N–H and O–H groups in total. The van der Waals surface area contributed by atoms with Crippen molar-refractivity contribution in [2.75, 3.05) is 38.8 Å². The minimum Gasteiger partial charge on any atom is -0.477 e. The lowest BCUT2D eigenvalue weighted by Gasteiger charge is -2.38.